The van der Waals surface area contributed by atoms with Crippen molar-refractivity contribution in [3.05, 3.63) is 88.9 Å². The maximum Gasteiger partial charge on any atom is 0.237 e. The van der Waals surface area contributed by atoms with Gasteiger partial charge in [-0.3, -0.25) is 4.79 Å². The Labute approximate surface area is 195 Å². The van der Waals surface area contributed by atoms with E-state index < -0.39 is 5.25 Å². The molecule has 1 atom stereocenters. The van der Waals surface area contributed by atoms with Crippen molar-refractivity contribution in [1.29, 1.82) is 0 Å². The normalized spacial score (nSPS) is 11.8. The summed E-state index contributed by atoms with van der Waals surface area (Å²) in [5.41, 5.74) is 4.34. The first kappa shape index (κ1) is 21.5. The molecular weight excluding hydrogens is 449 g/mol. The van der Waals surface area contributed by atoms with Gasteiger partial charge in [0.15, 0.2) is 5.16 Å². The number of aromatic nitrogens is 2. The molecule has 0 radical (unpaired) electrons. The standard InChI is InChI=1S/C24H19Cl2N3OS/c1-15(23(30)27-20-13-12-18(25)14-19(20)26)31-24-28-21(16-8-4-2-5-9-16)22(29-24)17-10-6-3-7-11-17/h2-15H,1H3,(H,27,30)(H,28,29). The molecule has 0 saturated heterocycles. The molecule has 3 aromatic carbocycles. The first-order chi connectivity index (χ1) is 15.0. The van der Waals surface area contributed by atoms with Gasteiger partial charge in [0.1, 0.15) is 0 Å². The number of hydrogen-bond donors (Lipinski definition) is 2. The molecule has 1 aromatic heterocycles. The highest BCUT2D eigenvalue weighted by molar-refractivity contribution is 8.00. The van der Waals surface area contributed by atoms with Crippen LogP contribution in [0.1, 0.15) is 6.92 Å². The number of carbonyl (C=O) groups is 1. The SMILES string of the molecule is CC(Sc1nc(-c2ccccc2)c(-c2ccccc2)[nH]1)C(=O)Nc1ccc(Cl)cc1Cl. The number of nitrogens with one attached hydrogen (secondary N) is 2. The summed E-state index contributed by atoms with van der Waals surface area (Å²) in [6.45, 7) is 1.83. The van der Waals surface area contributed by atoms with Gasteiger partial charge in [0.2, 0.25) is 5.91 Å². The molecule has 4 nitrogen and oxygen atoms in total. The van der Waals surface area contributed by atoms with E-state index in [0.717, 1.165) is 22.5 Å². The fraction of sp³-hybridized carbons (Fsp3) is 0.0833. The number of aromatic amines is 1. The smallest absolute Gasteiger partial charge is 0.237 e. The molecule has 156 valence electrons. The van der Waals surface area contributed by atoms with Crippen molar-refractivity contribution in [2.24, 2.45) is 0 Å². The second-order valence-electron chi connectivity index (χ2n) is 6.87. The van der Waals surface area contributed by atoms with Crippen LogP contribution in [-0.4, -0.2) is 21.1 Å². The van der Waals surface area contributed by atoms with Gasteiger partial charge in [0.05, 0.1) is 27.3 Å². The zero-order valence-corrected chi connectivity index (χ0v) is 18.9. The number of nitrogens with zero attached hydrogens (tertiary/aromatic N) is 1. The lowest BCUT2D eigenvalue weighted by molar-refractivity contribution is -0.115. The highest BCUT2D eigenvalue weighted by Crippen LogP contribution is 2.34. The predicted molar refractivity (Wildman–Crippen MR) is 130 cm³/mol. The number of H-pyrrole nitrogens is 1. The molecule has 2 N–H and O–H groups in total. The molecule has 0 saturated carbocycles. The molecule has 31 heavy (non-hydrogen) atoms. The van der Waals surface area contributed by atoms with Gasteiger partial charge in [-0.25, -0.2) is 4.98 Å². The Morgan fingerprint density at radius 3 is 2.26 bits per heavy atom. The van der Waals surface area contributed by atoms with Crippen molar-refractivity contribution in [2.45, 2.75) is 17.3 Å². The van der Waals surface area contributed by atoms with Crippen LogP contribution in [0.2, 0.25) is 10.0 Å². The lowest BCUT2D eigenvalue weighted by atomic mass is 10.1. The monoisotopic (exact) mass is 467 g/mol. The maximum atomic E-state index is 12.7. The van der Waals surface area contributed by atoms with Crippen LogP contribution >= 0.6 is 35.0 Å². The van der Waals surface area contributed by atoms with Gasteiger partial charge < -0.3 is 10.3 Å². The second kappa shape index (κ2) is 9.60. The van der Waals surface area contributed by atoms with Crippen LogP contribution in [0, 0.1) is 0 Å². The third-order valence-electron chi connectivity index (χ3n) is 4.64. The Bertz CT molecular complexity index is 1140. The summed E-state index contributed by atoms with van der Waals surface area (Å²) in [6.07, 6.45) is 0. The van der Waals surface area contributed by atoms with Crippen LogP contribution in [0.25, 0.3) is 22.5 Å². The van der Waals surface area contributed by atoms with Crippen LogP contribution in [0.15, 0.2) is 84.0 Å². The van der Waals surface area contributed by atoms with Crippen LogP contribution in [0.5, 0.6) is 0 Å². The van der Waals surface area contributed by atoms with E-state index in [2.05, 4.69) is 10.3 Å². The molecule has 0 spiro atoms. The van der Waals surface area contributed by atoms with Crippen molar-refractivity contribution in [2.75, 3.05) is 5.32 Å². The topological polar surface area (TPSA) is 57.8 Å². The summed E-state index contributed by atoms with van der Waals surface area (Å²) in [4.78, 5) is 20.9. The fourth-order valence-corrected chi connectivity index (χ4v) is 4.33. The van der Waals surface area contributed by atoms with Crippen LogP contribution in [0.4, 0.5) is 5.69 Å². The van der Waals surface area contributed by atoms with E-state index in [1.54, 1.807) is 18.2 Å². The minimum atomic E-state index is -0.398. The molecule has 4 rings (SSSR count). The highest BCUT2D eigenvalue weighted by atomic mass is 35.5. The maximum absolute atomic E-state index is 12.7. The van der Waals surface area contributed by atoms with Gasteiger partial charge in [-0.15, -0.1) is 0 Å². The average molecular weight is 468 g/mol. The largest absolute Gasteiger partial charge is 0.332 e. The van der Waals surface area contributed by atoms with E-state index >= 15 is 0 Å². The third-order valence-corrected chi connectivity index (χ3v) is 6.17. The highest BCUT2D eigenvalue weighted by Gasteiger charge is 2.20. The molecule has 0 aliphatic rings. The number of halogens is 2. The van der Waals surface area contributed by atoms with Crippen molar-refractivity contribution in [3.8, 4) is 22.5 Å². The predicted octanol–water partition coefficient (Wildman–Crippen LogP) is 7.17. The summed E-state index contributed by atoms with van der Waals surface area (Å²) in [5, 5.41) is 4.03. The quantitative estimate of drug-likeness (QED) is 0.295. The Morgan fingerprint density at radius 1 is 0.968 bits per heavy atom. The molecule has 0 aliphatic heterocycles. The van der Waals surface area contributed by atoms with Crippen molar-refractivity contribution in [3.63, 3.8) is 0 Å². The first-order valence-corrected chi connectivity index (χ1v) is 11.3. The van der Waals surface area contributed by atoms with Crippen LogP contribution in [0.3, 0.4) is 0 Å². The molecule has 1 unspecified atom stereocenters. The molecule has 0 fully saturated rings. The van der Waals surface area contributed by atoms with Crippen molar-refractivity contribution < 1.29 is 4.79 Å². The summed E-state index contributed by atoms with van der Waals surface area (Å²) < 4.78 is 0. The molecule has 7 heteroatoms. The van der Waals surface area contributed by atoms with Gasteiger partial charge in [-0.1, -0.05) is 95.6 Å². The van der Waals surface area contributed by atoms with Crippen LogP contribution in [-0.2, 0) is 4.79 Å². The number of amides is 1. The van der Waals surface area contributed by atoms with Crippen molar-refractivity contribution >= 4 is 46.6 Å². The number of thioether (sulfide) groups is 1. The Hall–Kier alpha value is -2.73. The number of anilines is 1. The van der Waals surface area contributed by atoms with E-state index in [9.17, 15) is 4.79 Å². The molecule has 0 bridgehead atoms. The number of benzene rings is 3. The average Bonchev–Trinajstić information content (AvgIpc) is 3.20. The Kier molecular flexibility index (Phi) is 6.66. The summed E-state index contributed by atoms with van der Waals surface area (Å²) >= 11 is 13.5. The molecule has 1 amide bonds. The summed E-state index contributed by atoms with van der Waals surface area (Å²) in [6, 6.07) is 25.0. The van der Waals surface area contributed by atoms with Gasteiger partial charge in [-0.05, 0) is 25.1 Å². The molecule has 0 aliphatic carbocycles. The summed E-state index contributed by atoms with van der Waals surface area (Å²) in [7, 11) is 0. The summed E-state index contributed by atoms with van der Waals surface area (Å²) in [5.74, 6) is -0.173. The number of imidazole rings is 1. The van der Waals surface area contributed by atoms with E-state index in [1.165, 1.54) is 11.8 Å². The van der Waals surface area contributed by atoms with Gasteiger partial charge in [0, 0.05) is 16.1 Å². The van der Waals surface area contributed by atoms with E-state index in [-0.39, 0.29) is 5.91 Å². The minimum absolute atomic E-state index is 0.173. The number of rotatable bonds is 6. The van der Waals surface area contributed by atoms with E-state index in [0.29, 0.717) is 20.9 Å². The van der Waals surface area contributed by atoms with Gasteiger partial charge in [-0.2, -0.15) is 0 Å². The second-order valence-corrected chi connectivity index (χ2v) is 9.04. The number of hydrogen-bond acceptors (Lipinski definition) is 3. The van der Waals surface area contributed by atoms with Crippen molar-refractivity contribution in [1.82, 2.24) is 9.97 Å². The zero-order chi connectivity index (χ0) is 21.8. The molecule has 1 heterocycles. The van der Waals surface area contributed by atoms with Crippen LogP contribution < -0.4 is 5.32 Å². The lowest BCUT2D eigenvalue weighted by Gasteiger charge is -2.12. The van der Waals surface area contributed by atoms with E-state index in [1.807, 2.05) is 67.6 Å². The minimum Gasteiger partial charge on any atom is -0.332 e. The Morgan fingerprint density at radius 2 is 1.61 bits per heavy atom. The molecule has 4 aromatic rings. The first-order valence-electron chi connectivity index (χ1n) is 9.64. The lowest BCUT2D eigenvalue weighted by Crippen LogP contribution is -2.22. The zero-order valence-electron chi connectivity index (χ0n) is 16.6. The van der Waals surface area contributed by atoms with Gasteiger partial charge >= 0.3 is 0 Å². The number of carbonyl (C=O) groups excluding carboxylic acids is 1. The fourth-order valence-electron chi connectivity index (χ4n) is 3.07. The molecular formula is C24H19Cl2N3OS. The van der Waals surface area contributed by atoms with Gasteiger partial charge in [0.25, 0.3) is 0 Å². The van der Waals surface area contributed by atoms with E-state index in [4.69, 9.17) is 28.2 Å². The Balaban J connectivity index is 1.58. The third kappa shape index (κ3) is 5.13.